The number of rotatable bonds is 5. The zero-order chi connectivity index (χ0) is 18.7. The Morgan fingerprint density at radius 2 is 2.00 bits per heavy atom. The number of hydrogen-bond donors (Lipinski definition) is 2. The van der Waals surface area contributed by atoms with Crippen LogP contribution in [0.5, 0.6) is 0 Å². The summed E-state index contributed by atoms with van der Waals surface area (Å²) in [4.78, 5) is 28.5. The molecule has 26 heavy (non-hydrogen) atoms. The van der Waals surface area contributed by atoms with E-state index in [-0.39, 0.29) is 18.2 Å². The van der Waals surface area contributed by atoms with Crippen LogP contribution in [-0.4, -0.2) is 26.6 Å². The summed E-state index contributed by atoms with van der Waals surface area (Å²) in [6, 6.07) is 3.40. The molecule has 0 bridgehead atoms. The van der Waals surface area contributed by atoms with Crippen molar-refractivity contribution < 1.29 is 9.59 Å². The molecule has 8 heteroatoms. The van der Waals surface area contributed by atoms with Crippen LogP contribution >= 0.6 is 0 Å². The number of carbonyl (C=O) groups is 2. The number of benzene rings is 1. The van der Waals surface area contributed by atoms with Crippen LogP contribution in [0.4, 0.5) is 5.69 Å². The normalized spacial score (nSPS) is 15.0. The van der Waals surface area contributed by atoms with Gasteiger partial charge < -0.3 is 5.73 Å². The number of primary amides is 1. The van der Waals surface area contributed by atoms with Crippen molar-refractivity contribution in [3.63, 3.8) is 0 Å². The lowest BCUT2D eigenvalue weighted by atomic mass is 9.80. The van der Waals surface area contributed by atoms with Gasteiger partial charge in [-0.1, -0.05) is 26.2 Å². The van der Waals surface area contributed by atoms with E-state index in [1.54, 1.807) is 23.7 Å². The number of amides is 2. The van der Waals surface area contributed by atoms with Crippen LogP contribution in [0.2, 0.25) is 0 Å². The minimum Gasteiger partial charge on any atom is -0.366 e. The third kappa shape index (κ3) is 3.32. The molecule has 1 aromatic heterocycles. The summed E-state index contributed by atoms with van der Waals surface area (Å²) in [7, 11) is 0. The molecule has 1 saturated carbocycles. The number of anilines is 1. The van der Waals surface area contributed by atoms with E-state index in [1.807, 2.05) is 0 Å². The molecule has 1 aliphatic rings. The van der Waals surface area contributed by atoms with E-state index < -0.39 is 5.91 Å². The second-order valence-corrected chi connectivity index (χ2v) is 6.55. The first kappa shape index (κ1) is 18.1. The van der Waals surface area contributed by atoms with E-state index in [2.05, 4.69) is 10.1 Å². The maximum atomic E-state index is 12.4. The summed E-state index contributed by atoms with van der Waals surface area (Å²) < 4.78 is 1.55. The summed E-state index contributed by atoms with van der Waals surface area (Å²) >= 11 is 0. The molecule has 0 spiro atoms. The van der Waals surface area contributed by atoms with E-state index in [0.717, 1.165) is 36.3 Å². The minimum atomic E-state index is -0.519. The molecule has 0 aliphatic heterocycles. The molecule has 8 nitrogen and oxygen atoms in total. The van der Waals surface area contributed by atoms with Crippen molar-refractivity contribution in [1.82, 2.24) is 14.8 Å². The molecule has 0 saturated heterocycles. The first-order valence-electron chi connectivity index (χ1n) is 8.94. The summed E-state index contributed by atoms with van der Waals surface area (Å²) in [5.74, 6) is 5.56. The number of carbonyl (C=O) groups excluding carboxylic acids is 2. The molecule has 0 unspecified atom stereocenters. The second-order valence-electron chi connectivity index (χ2n) is 6.55. The third-order valence-corrected chi connectivity index (χ3v) is 4.95. The zero-order valence-corrected chi connectivity index (χ0v) is 14.9. The predicted octanol–water partition coefficient (Wildman–Crippen LogP) is 2.03. The average molecular weight is 356 g/mol. The fourth-order valence-corrected chi connectivity index (χ4v) is 3.68. The lowest BCUT2D eigenvalue weighted by Gasteiger charge is -2.30. The largest absolute Gasteiger partial charge is 0.366 e. The molecule has 1 aromatic carbocycles. The molecule has 0 radical (unpaired) electrons. The molecule has 4 N–H and O–H groups in total. The van der Waals surface area contributed by atoms with Gasteiger partial charge in [0.05, 0.1) is 11.4 Å². The van der Waals surface area contributed by atoms with Gasteiger partial charge in [0, 0.05) is 12.0 Å². The van der Waals surface area contributed by atoms with Gasteiger partial charge in [0.25, 0.3) is 0 Å². The van der Waals surface area contributed by atoms with Crippen LogP contribution in [0.3, 0.4) is 0 Å². The van der Waals surface area contributed by atoms with Crippen LogP contribution in [-0.2, 0) is 4.79 Å². The van der Waals surface area contributed by atoms with Crippen LogP contribution in [0.1, 0.15) is 67.3 Å². The van der Waals surface area contributed by atoms with Crippen molar-refractivity contribution in [1.29, 1.82) is 0 Å². The molecule has 0 atom stereocenters. The molecule has 3 rings (SSSR count). The van der Waals surface area contributed by atoms with E-state index in [4.69, 9.17) is 11.6 Å². The summed E-state index contributed by atoms with van der Waals surface area (Å²) in [6.07, 6.45) is 8.37. The van der Waals surface area contributed by atoms with Gasteiger partial charge in [-0.2, -0.15) is 5.10 Å². The quantitative estimate of drug-likeness (QED) is 0.482. The highest BCUT2D eigenvalue weighted by molar-refractivity contribution is 6.01. The lowest BCUT2D eigenvalue weighted by Crippen LogP contribution is -2.39. The second kappa shape index (κ2) is 7.65. The zero-order valence-electron chi connectivity index (χ0n) is 14.9. The van der Waals surface area contributed by atoms with Crippen molar-refractivity contribution in [2.24, 2.45) is 11.6 Å². The van der Waals surface area contributed by atoms with E-state index in [0.29, 0.717) is 16.9 Å². The van der Waals surface area contributed by atoms with Gasteiger partial charge in [-0.15, -0.1) is 0 Å². The van der Waals surface area contributed by atoms with E-state index >= 15 is 0 Å². The summed E-state index contributed by atoms with van der Waals surface area (Å²) in [5.41, 5.74) is 7.91. The number of hydrazine groups is 1. The number of nitrogens with zero attached hydrogens (tertiary/aromatic N) is 4. The predicted molar refractivity (Wildman–Crippen MR) is 97.7 cm³/mol. The van der Waals surface area contributed by atoms with Crippen LogP contribution in [0, 0.1) is 0 Å². The van der Waals surface area contributed by atoms with Gasteiger partial charge in [-0.05, 0) is 36.5 Å². The van der Waals surface area contributed by atoms with Crippen molar-refractivity contribution in [3.8, 4) is 5.69 Å². The summed E-state index contributed by atoms with van der Waals surface area (Å²) in [5, 5.41) is 5.30. The highest BCUT2D eigenvalue weighted by atomic mass is 16.2. The Morgan fingerprint density at radius 3 is 2.58 bits per heavy atom. The highest BCUT2D eigenvalue weighted by Crippen LogP contribution is 2.42. The molecule has 2 aromatic rings. The molecular formula is C18H24N6O2. The third-order valence-electron chi connectivity index (χ3n) is 4.95. The van der Waals surface area contributed by atoms with Gasteiger partial charge >= 0.3 is 0 Å². The van der Waals surface area contributed by atoms with Crippen LogP contribution in [0.15, 0.2) is 24.8 Å². The maximum Gasteiger partial charge on any atom is 0.249 e. The topological polar surface area (TPSA) is 120 Å². The van der Waals surface area contributed by atoms with E-state index in [1.165, 1.54) is 19.1 Å². The first-order chi connectivity index (χ1) is 12.5. The summed E-state index contributed by atoms with van der Waals surface area (Å²) in [6.45, 7) is 1.75. The Kier molecular flexibility index (Phi) is 5.32. The fourth-order valence-electron chi connectivity index (χ4n) is 3.68. The Labute approximate surface area is 152 Å². The first-order valence-corrected chi connectivity index (χ1v) is 8.94. The SMILES string of the molecule is CCC(=O)N(N)c1c(-n2cncn2)ccc(C(N)=O)c1C1CCCCC1. The standard InChI is InChI=1S/C18H24N6O2/c1-2-15(25)24(20)17-14(23-11-21-10-22-23)9-8-13(18(19)26)16(17)12-6-4-3-5-7-12/h8-12H,2-7,20H2,1H3,(H2,19,26). The Morgan fingerprint density at radius 1 is 1.27 bits per heavy atom. The van der Waals surface area contributed by atoms with Crippen molar-refractivity contribution in [3.05, 3.63) is 35.9 Å². The van der Waals surface area contributed by atoms with Gasteiger partial charge in [0.2, 0.25) is 11.8 Å². The smallest absolute Gasteiger partial charge is 0.249 e. The Hall–Kier alpha value is -2.74. The monoisotopic (exact) mass is 356 g/mol. The van der Waals surface area contributed by atoms with Crippen molar-refractivity contribution in [2.45, 2.75) is 51.4 Å². The molecule has 1 aliphatic carbocycles. The fraction of sp³-hybridized carbons (Fsp3) is 0.444. The molecule has 1 fully saturated rings. The van der Waals surface area contributed by atoms with Crippen molar-refractivity contribution >= 4 is 17.5 Å². The molecule has 138 valence electrons. The number of nitrogens with two attached hydrogens (primary N) is 2. The average Bonchev–Trinajstić information content (AvgIpc) is 3.20. The highest BCUT2D eigenvalue weighted by Gasteiger charge is 2.29. The van der Waals surface area contributed by atoms with Gasteiger partial charge in [-0.3, -0.25) is 9.59 Å². The van der Waals surface area contributed by atoms with Gasteiger partial charge in [0.15, 0.2) is 0 Å². The number of hydrogen-bond acceptors (Lipinski definition) is 5. The maximum absolute atomic E-state index is 12.4. The van der Waals surface area contributed by atoms with E-state index in [9.17, 15) is 9.59 Å². The Bertz CT molecular complexity index is 796. The lowest BCUT2D eigenvalue weighted by molar-refractivity contribution is -0.118. The molecule has 1 heterocycles. The van der Waals surface area contributed by atoms with Crippen LogP contribution in [0.25, 0.3) is 5.69 Å². The minimum absolute atomic E-state index is 0.125. The Balaban J connectivity index is 2.27. The van der Waals surface area contributed by atoms with Gasteiger partial charge in [-0.25, -0.2) is 20.5 Å². The van der Waals surface area contributed by atoms with Crippen LogP contribution < -0.4 is 16.6 Å². The van der Waals surface area contributed by atoms with Gasteiger partial charge in [0.1, 0.15) is 12.7 Å². The molecule has 2 amide bonds. The molecular weight excluding hydrogens is 332 g/mol. The van der Waals surface area contributed by atoms with Crippen molar-refractivity contribution in [2.75, 3.05) is 5.01 Å². The number of aromatic nitrogens is 3.